The van der Waals surface area contributed by atoms with Crippen molar-refractivity contribution >= 4 is 21.4 Å². The Bertz CT molecular complexity index is 728. The lowest BCUT2D eigenvalue weighted by molar-refractivity contribution is 0.0951. The molecular formula is C15H17N3O3S. The van der Waals surface area contributed by atoms with Gasteiger partial charge in [-0.05, 0) is 35.9 Å². The van der Waals surface area contributed by atoms with Crippen molar-refractivity contribution in [2.45, 2.75) is 6.54 Å². The van der Waals surface area contributed by atoms with Crippen LogP contribution < -0.4 is 10.6 Å². The van der Waals surface area contributed by atoms with E-state index >= 15 is 0 Å². The molecule has 1 amide bonds. The average molecular weight is 319 g/mol. The van der Waals surface area contributed by atoms with Crippen LogP contribution in [0.3, 0.4) is 0 Å². The third-order valence-corrected chi connectivity index (χ3v) is 3.53. The molecule has 0 aliphatic heterocycles. The highest BCUT2D eigenvalue weighted by molar-refractivity contribution is 7.90. The lowest BCUT2D eigenvalue weighted by Gasteiger charge is -2.07. The molecule has 1 aromatic carbocycles. The van der Waals surface area contributed by atoms with Gasteiger partial charge in [0.2, 0.25) is 0 Å². The first-order valence-corrected chi connectivity index (χ1v) is 8.69. The Morgan fingerprint density at radius 2 is 1.91 bits per heavy atom. The van der Waals surface area contributed by atoms with Gasteiger partial charge in [0, 0.05) is 36.4 Å². The second-order valence-electron chi connectivity index (χ2n) is 4.87. The van der Waals surface area contributed by atoms with Crippen molar-refractivity contribution in [2.24, 2.45) is 0 Å². The van der Waals surface area contributed by atoms with Crippen LogP contribution in [0.4, 0.5) is 5.69 Å². The fraction of sp³-hybridized carbons (Fsp3) is 0.200. The molecule has 0 spiro atoms. The molecule has 0 atom stereocenters. The zero-order chi connectivity index (χ0) is 16.0. The minimum Gasteiger partial charge on any atom is -0.372 e. The molecule has 2 N–H and O–H groups in total. The number of rotatable bonds is 6. The first-order valence-electron chi connectivity index (χ1n) is 6.63. The maximum Gasteiger partial charge on any atom is 0.251 e. The summed E-state index contributed by atoms with van der Waals surface area (Å²) in [6.45, 7) is 0.404. The molecule has 2 aromatic rings. The van der Waals surface area contributed by atoms with Crippen molar-refractivity contribution < 1.29 is 13.2 Å². The fourth-order valence-corrected chi connectivity index (χ4v) is 2.17. The number of benzene rings is 1. The summed E-state index contributed by atoms with van der Waals surface area (Å²) in [4.78, 5) is 16.0. The molecule has 2 rings (SSSR count). The van der Waals surface area contributed by atoms with Gasteiger partial charge in [0.25, 0.3) is 5.91 Å². The molecule has 0 fully saturated rings. The van der Waals surface area contributed by atoms with Crippen LogP contribution in [0.15, 0.2) is 48.8 Å². The van der Waals surface area contributed by atoms with Crippen LogP contribution in [0.1, 0.15) is 15.9 Å². The highest BCUT2D eigenvalue weighted by Crippen LogP contribution is 2.10. The first kappa shape index (κ1) is 16.0. The number of nitrogens with zero attached hydrogens (tertiary/aromatic N) is 1. The van der Waals surface area contributed by atoms with Crippen molar-refractivity contribution in [3.8, 4) is 0 Å². The van der Waals surface area contributed by atoms with E-state index in [1.807, 2.05) is 12.1 Å². The van der Waals surface area contributed by atoms with Crippen LogP contribution in [0.5, 0.6) is 0 Å². The van der Waals surface area contributed by atoms with Gasteiger partial charge in [-0.15, -0.1) is 0 Å². The van der Waals surface area contributed by atoms with Gasteiger partial charge >= 0.3 is 0 Å². The molecule has 0 unspecified atom stereocenters. The van der Waals surface area contributed by atoms with Crippen LogP contribution >= 0.6 is 0 Å². The van der Waals surface area contributed by atoms with Crippen molar-refractivity contribution in [3.05, 3.63) is 59.9 Å². The van der Waals surface area contributed by atoms with E-state index in [-0.39, 0.29) is 11.8 Å². The van der Waals surface area contributed by atoms with Gasteiger partial charge in [0.05, 0.1) is 0 Å². The number of pyridine rings is 1. The number of nitrogens with one attached hydrogen (secondary N) is 2. The predicted octanol–water partition coefficient (Wildman–Crippen LogP) is 1.43. The maximum absolute atomic E-state index is 12.0. The quantitative estimate of drug-likeness (QED) is 0.841. The SMILES string of the molecule is CS(=O)(=O)CNc1ccc(C(=O)NCc2cccnc2)cc1. The summed E-state index contributed by atoms with van der Waals surface area (Å²) in [6.07, 6.45) is 4.52. The van der Waals surface area contributed by atoms with Crippen LogP contribution in [-0.4, -0.2) is 31.4 Å². The predicted molar refractivity (Wildman–Crippen MR) is 85.2 cm³/mol. The van der Waals surface area contributed by atoms with Gasteiger partial charge < -0.3 is 10.6 Å². The van der Waals surface area contributed by atoms with E-state index < -0.39 is 9.84 Å². The summed E-state index contributed by atoms with van der Waals surface area (Å²) < 4.78 is 22.1. The highest BCUT2D eigenvalue weighted by Gasteiger charge is 2.06. The van der Waals surface area contributed by atoms with Crippen molar-refractivity contribution in [1.29, 1.82) is 0 Å². The van der Waals surface area contributed by atoms with E-state index in [2.05, 4.69) is 15.6 Å². The van der Waals surface area contributed by atoms with Crippen LogP contribution in [0.2, 0.25) is 0 Å². The van der Waals surface area contributed by atoms with Crippen LogP contribution in [0.25, 0.3) is 0 Å². The van der Waals surface area contributed by atoms with E-state index in [0.29, 0.717) is 17.8 Å². The zero-order valence-electron chi connectivity index (χ0n) is 12.1. The normalized spacial score (nSPS) is 11.0. The monoisotopic (exact) mass is 319 g/mol. The molecular weight excluding hydrogens is 302 g/mol. The lowest BCUT2D eigenvalue weighted by atomic mass is 10.2. The van der Waals surface area contributed by atoms with Gasteiger partial charge in [0.1, 0.15) is 5.88 Å². The van der Waals surface area contributed by atoms with Gasteiger partial charge in [-0.25, -0.2) is 8.42 Å². The molecule has 0 aliphatic rings. The number of carbonyl (C=O) groups is 1. The number of sulfone groups is 1. The van der Waals surface area contributed by atoms with Gasteiger partial charge in [0.15, 0.2) is 9.84 Å². The van der Waals surface area contributed by atoms with E-state index in [4.69, 9.17) is 0 Å². The summed E-state index contributed by atoms with van der Waals surface area (Å²) in [6, 6.07) is 10.3. The number of carbonyl (C=O) groups excluding carboxylic acids is 1. The van der Waals surface area contributed by atoms with E-state index in [9.17, 15) is 13.2 Å². The van der Waals surface area contributed by atoms with Crippen LogP contribution in [0, 0.1) is 0 Å². The average Bonchev–Trinajstić information content (AvgIpc) is 2.51. The Kier molecular flexibility index (Phi) is 5.11. The molecule has 6 nitrogen and oxygen atoms in total. The molecule has 0 radical (unpaired) electrons. The minimum absolute atomic E-state index is 0.139. The topological polar surface area (TPSA) is 88.2 Å². The summed E-state index contributed by atoms with van der Waals surface area (Å²) in [5.74, 6) is -0.335. The zero-order valence-corrected chi connectivity index (χ0v) is 12.9. The van der Waals surface area contributed by atoms with Crippen molar-refractivity contribution in [2.75, 3.05) is 17.4 Å². The summed E-state index contributed by atoms with van der Waals surface area (Å²) in [5.41, 5.74) is 2.07. The highest BCUT2D eigenvalue weighted by atomic mass is 32.2. The first-order chi connectivity index (χ1) is 10.4. The Balaban J connectivity index is 1.91. The number of hydrogen-bond donors (Lipinski definition) is 2. The Morgan fingerprint density at radius 1 is 1.18 bits per heavy atom. The van der Waals surface area contributed by atoms with E-state index in [0.717, 1.165) is 11.8 Å². The summed E-state index contributed by atoms with van der Waals surface area (Å²) in [5, 5.41) is 5.58. The summed E-state index contributed by atoms with van der Waals surface area (Å²) >= 11 is 0. The number of amides is 1. The molecule has 116 valence electrons. The fourth-order valence-electron chi connectivity index (χ4n) is 1.74. The maximum atomic E-state index is 12.0. The molecule has 0 aliphatic carbocycles. The summed E-state index contributed by atoms with van der Waals surface area (Å²) in [7, 11) is -3.08. The van der Waals surface area contributed by atoms with Gasteiger partial charge in [-0.2, -0.15) is 0 Å². The molecule has 0 bridgehead atoms. The minimum atomic E-state index is -3.08. The molecule has 1 heterocycles. The van der Waals surface area contributed by atoms with Gasteiger partial charge in [-0.3, -0.25) is 9.78 Å². The Labute approximate surface area is 129 Å². The van der Waals surface area contributed by atoms with E-state index in [1.54, 1.807) is 36.7 Å². The Morgan fingerprint density at radius 3 is 2.50 bits per heavy atom. The molecule has 22 heavy (non-hydrogen) atoms. The number of aromatic nitrogens is 1. The smallest absolute Gasteiger partial charge is 0.251 e. The molecule has 7 heteroatoms. The second kappa shape index (κ2) is 7.04. The molecule has 0 saturated carbocycles. The lowest BCUT2D eigenvalue weighted by Crippen LogP contribution is -2.22. The third kappa shape index (κ3) is 5.17. The van der Waals surface area contributed by atoms with Gasteiger partial charge in [-0.1, -0.05) is 6.07 Å². The second-order valence-corrected chi connectivity index (χ2v) is 7.01. The number of hydrogen-bond acceptors (Lipinski definition) is 5. The van der Waals surface area contributed by atoms with Crippen molar-refractivity contribution in [1.82, 2.24) is 10.3 Å². The number of anilines is 1. The van der Waals surface area contributed by atoms with Crippen molar-refractivity contribution in [3.63, 3.8) is 0 Å². The molecule has 0 saturated heterocycles. The molecule has 1 aromatic heterocycles. The standard InChI is InChI=1S/C15H17N3O3S/c1-22(20,21)11-18-14-6-4-13(5-7-14)15(19)17-10-12-3-2-8-16-9-12/h2-9,18H,10-11H2,1H3,(H,17,19). The largest absolute Gasteiger partial charge is 0.372 e. The third-order valence-electron chi connectivity index (χ3n) is 2.86. The van der Waals surface area contributed by atoms with E-state index in [1.165, 1.54) is 0 Å². The van der Waals surface area contributed by atoms with Crippen LogP contribution in [-0.2, 0) is 16.4 Å². The Hall–Kier alpha value is -2.41.